The van der Waals surface area contributed by atoms with Crippen LogP contribution >= 0.6 is 25.3 Å². The van der Waals surface area contributed by atoms with E-state index in [1.165, 1.54) is 0 Å². The molecule has 2 heteroatoms. The average Bonchev–Trinajstić information content (AvgIpc) is 2.00. The molecule has 0 aliphatic heterocycles. The highest BCUT2D eigenvalue weighted by Crippen LogP contribution is 2.09. The zero-order valence-electron chi connectivity index (χ0n) is 5.62. The molecule has 0 fully saturated rings. The zero-order chi connectivity index (χ0) is 7.98. The summed E-state index contributed by atoms with van der Waals surface area (Å²) in [7, 11) is 0. The van der Waals surface area contributed by atoms with Crippen LogP contribution in [0.4, 0.5) is 0 Å². The molecule has 0 N–H and O–H groups in total. The van der Waals surface area contributed by atoms with Gasteiger partial charge in [0, 0.05) is 9.79 Å². The first-order valence-electron chi connectivity index (χ1n) is 2.77. The maximum Gasteiger partial charge on any atom is 0.00407 e. The lowest BCUT2D eigenvalue weighted by molar-refractivity contribution is 1.37. The monoisotopic (exact) mass is 170 g/mol. The molecule has 0 unspecified atom stereocenters. The first-order chi connectivity index (χ1) is 4.79. The van der Waals surface area contributed by atoms with Crippen molar-refractivity contribution in [3.63, 3.8) is 0 Å². The lowest BCUT2D eigenvalue weighted by Gasteiger charge is -1.88. The van der Waals surface area contributed by atoms with E-state index in [2.05, 4.69) is 38.4 Å². The Bertz CT molecular complexity index is 158. The van der Waals surface area contributed by atoms with E-state index < -0.39 is 0 Å². The molecule has 10 heavy (non-hydrogen) atoms. The van der Waals surface area contributed by atoms with Crippen LogP contribution in [0, 0.1) is 0 Å². The van der Waals surface area contributed by atoms with Crippen LogP contribution in [0.1, 0.15) is 0 Å². The van der Waals surface area contributed by atoms with E-state index in [0.717, 1.165) is 9.79 Å². The fraction of sp³-hybridized carbons (Fsp3) is 0. The molecule has 0 amide bonds. The maximum atomic E-state index is 4.10. The highest BCUT2D eigenvalue weighted by molar-refractivity contribution is 7.80. The van der Waals surface area contributed by atoms with Gasteiger partial charge in [0.1, 0.15) is 0 Å². The predicted molar refractivity (Wildman–Crippen MR) is 52.2 cm³/mol. The third-order valence-electron chi connectivity index (χ3n) is 0.850. The molecule has 54 valence electrons. The summed E-state index contributed by atoms with van der Waals surface area (Å²) in [5, 5.41) is 0. The van der Waals surface area contributed by atoms with Gasteiger partial charge in [0.15, 0.2) is 0 Å². The molecule has 0 aromatic heterocycles. The number of hydrogen-bond donors (Lipinski definition) is 2. The van der Waals surface area contributed by atoms with Gasteiger partial charge in [-0.3, -0.25) is 0 Å². The summed E-state index contributed by atoms with van der Waals surface area (Å²) >= 11 is 8.20. The molecule has 0 atom stereocenters. The topological polar surface area (TPSA) is 0 Å². The van der Waals surface area contributed by atoms with Crippen LogP contribution < -0.4 is 0 Å². The highest BCUT2D eigenvalue weighted by atomic mass is 32.1. The van der Waals surface area contributed by atoms with Crippen LogP contribution in [0.2, 0.25) is 0 Å². The lowest BCUT2D eigenvalue weighted by atomic mass is 10.4. The van der Waals surface area contributed by atoms with Crippen LogP contribution in [0.3, 0.4) is 0 Å². The summed E-state index contributed by atoms with van der Waals surface area (Å²) in [6.45, 7) is 6.00. The van der Waals surface area contributed by atoms with Gasteiger partial charge in [-0.2, -0.15) is 0 Å². The van der Waals surface area contributed by atoms with Gasteiger partial charge in [-0.15, -0.1) is 38.4 Å². The SMILES string of the molecule is C=C.Sc1ccc(S)cc1. The van der Waals surface area contributed by atoms with Gasteiger partial charge in [-0.1, -0.05) is 0 Å². The third-order valence-corrected chi connectivity index (χ3v) is 1.45. The van der Waals surface area contributed by atoms with Crippen molar-refractivity contribution in [2.45, 2.75) is 9.79 Å². The smallest absolute Gasteiger partial charge is 0.00407 e. The van der Waals surface area contributed by atoms with Gasteiger partial charge in [-0.05, 0) is 24.3 Å². The van der Waals surface area contributed by atoms with Gasteiger partial charge in [-0.25, -0.2) is 0 Å². The Morgan fingerprint density at radius 1 is 0.800 bits per heavy atom. The van der Waals surface area contributed by atoms with Gasteiger partial charge < -0.3 is 0 Å². The Morgan fingerprint density at radius 3 is 1.20 bits per heavy atom. The fourth-order valence-corrected chi connectivity index (χ4v) is 0.751. The molecule has 0 saturated carbocycles. The molecule has 1 aromatic rings. The van der Waals surface area contributed by atoms with E-state index >= 15 is 0 Å². The normalized spacial score (nSPS) is 7.80. The molecule has 1 aromatic carbocycles. The van der Waals surface area contributed by atoms with Crippen molar-refractivity contribution in [3.8, 4) is 0 Å². The van der Waals surface area contributed by atoms with Crippen LogP contribution in [-0.2, 0) is 0 Å². The molecule has 0 nitrogen and oxygen atoms in total. The largest absolute Gasteiger partial charge is 0.143 e. The molecule has 0 radical (unpaired) electrons. The quantitative estimate of drug-likeness (QED) is 0.434. The van der Waals surface area contributed by atoms with Crippen molar-refractivity contribution in [2.24, 2.45) is 0 Å². The first kappa shape index (κ1) is 9.66. The molecule has 0 aliphatic rings. The van der Waals surface area contributed by atoms with Crippen LogP contribution in [0.5, 0.6) is 0 Å². The van der Waals surface area contributed by atoms with E-state index in [4.69, 9.17) is 0 Å². The van der Waals surface area contributed by atoms with Crippen molar-refractivity contribution in [1.82, 2.24) is 0 Å². The summed E-state index contributed by atoms with van der Waals surface area (Å²) < 4.78 is 0. The Hall–Kier alpha value is -0.340. The van der Waals surface area contributed by atoms with Gasteiger partial charge in [0.25, 0.3) is 0 Å². The molecular formula is C8H10S2. The second-order valence-electron chi connectivity index (χ2n) is 1.52. The summed E-state index contributed by atoms with van der Waals surface area (Å²) in [6, 6.07) is 7.63. The average molecular weight is 170 g/mol. The molecule has 0 heterocycles. The van der Waals surface area contributed by atoms with E-state index in [9.17, 15) is 0 Å². The fourth-order valence-electron chi connectivity index (χ4n) is 0.453. The Kier molecular flexibility index (Phi) is 5.26. The van der Waals surface area contributed by atoms with Crippen molar-refractivity contribution in [2.75, 3.05) is 0 Å². The molecule has 0 aliphatic carbocycles. The van der Waals surface area contributed by atoms with Crippen LogP contribution in [0.25, 0.3) is 0 Å². The minimum Gasteiger partial charge on any atom is -0.143 e. The second kappa shape index (κ2) is 5.45. The van der Waals surface area contributed by atoms with Crippen molar-refractivity contribution < 1.29 is 0 Å². The van der Waals surface area contributed by atoms with E-state index in [0.29, 0.717) is 0 Å². The Morgan fingerprint density at radius 2 is 1.00 bits per heavy atom. The van der Waals surface area contributed by atoms with Crippen LogP contribution in [-0.4, -0.2) is 0 Å². The van der Waals surface area contributed by atoms with Crippen molar-refractivity contribution in [1.29, 1.82) is 0 Å². The highest BCUT2D eigenvalue weighted by Gasteiger charge is 1.81. The minimum absolute atomic E-state index is 0.975. The summed E-state index contributed by atoms with van der Waals surface area (Å²) in [4.78, 5) is 1.95. The minimum atomic E-state index is 0.975. The summed E-state index contributed by atoms with van der Waals surface area (Å²) in [5.74, 6) is 0. The standard InChI is InChI=1S/C6H6S2.C2H4/c7-5-1-2-6(8)4-3-5;1-2/h1-4,7-8H;1-2H2. The number of rotatable bonds is 0. The maximum absolute atomic E-state index is 4.10. The zero-order valence-corrected chi connectivity index (χ0v) is 7.41. The molecule has 1 rings (SSSR count). The summed E-state index contributed by atoms with van der Waals surface area (Å²) in [5.41, 5.74) is 0. The van der Waals surface area contributed by atoms with Gasteiger partial charge in [0.2, 0.25) is 0 Å². The third kappa shape index (κ3) is 3.64. The number of hydrogen-bond acceptors (Lipinski definition) is 2. The van der Waals surface area contributed by atoms with Crippen LogP contribution in [0.15, 0.2) is 47.2 Å². The van der Waals surface area contributed by atoms with E-state index in [1.807, 2.05) is 24.3 Å². The summed E-state index contributed by atoms with van der Waals surface area (Å²) in [6.07, 6.45) is 0. The van der Waals surface area contributed by atoms with E-state index in [-0.39, 0.29) is 0 Å². The molecule has 0 spiro atoms. The molecule has 0 bridgehead atoms. The van der Waals surface area contributed by atoms with Gasteiger partial charge >= 0.3 is 0 Å². The number of benzene rings is 1. The Labute approximate surface area is 72.8 Å². The van der Waals surface area contributed by atoms with Crippen molar-refractivity contribution in [3.05, 3.63) is 37.4 Å². The van der Waals surface area contributed by atoms with E-state index in [1.54, 1.807) is 0 Å². The van der Waals surface area contributed by atoms with Gasteiger partial charge in [0.05, 0.1) is 0 Å². The number of thiol groups is 2. The lowest BCUT2D eigenvalue weighted by Crippen LogP contribution is -1.63. The predicted octanol–water partition coefficient (Wildman–Crippen LogP) is 3.07. The van der Waals surface area contributed by atoms with Crippen molar-refractivity contribution >= 4 is 25.3 Å². The first-order valence-corrected chi connectivity index (χ1v) is 3.66. The Balaban J connectivity index is 0.000000371. The molecular weight excluding hydrogens is 160 g/mol. The second-order valence-corrected chi connectivity index (χ2v) is 2.55. The molecule has 0 saturated heterocycles.